The second-order valence-corrected chi connectivity index (χ2v) is 4.16. The van der Waals surface area contributed by atoms with Gasteiger partial charge < -0.3 is 16.4 Å². The minimum Gasteiger partial charge on any atom is -0.399 e. The summed E-state index contributed by atoms with van der Waals surface area (Å²) in [6.45, 7) is 1.87. The van der Waals surface area contributed by atoms with E-state index >= 15 is 0 Å². The van der Waals surface area contributed by atoms with Gasteiger partial charge in [-0.25, -0.2) is 9.18 Å². The van der Waals surface area contributed by atoms with Crippen molar-refractivity contribution in [1.82, 2.24) is 0 Å². The number of halogens is 1. The van der Waals surface area contributed by atoms with E-state index in [-0.39, 0.29) is 5.82 Å². The molecule has 0 aromatic heterocycles. The highest BCUT2D eigenvalue weighted by Crippen LogP contribution is 2.18. The molecular formula is C14H14FN3O. The zero-order valence-corrected chi connectivity index (χ0v) is 10.4. The van der Waals surface area contributed by atoms with Crippen LogP contribution in [-0.2, 0) is 0 Å². The number of aryl methyl sites for hydroxylation is 1. The summed E-state index contributed by atoms with van der Waals surface area (Å²) >= 11 is 0. The van der Waals surface area contributed by atoms with Crippen LogP contribution in [0.15, 0.2) is 42.5 Å². The molecule has 4 N–H and O–H groups in total. The van der Waals surface area contributed by atoms with Gasteiger partial charge in [0.2, 0.25) is 0 Å². The predicted molar refractivity (Wildman–Crippen MR) is 74.6 cm³/mol. The molecule has 2 aromatic carbocycles. The Morgan fingerprint density at radius 3 is 2.47 bits per heavy atom. The van der Waals surface area contributed by atoms with Crippen molar-refractivity contribution in [2.45, 2.75) is 6.92 Å². The third kappa shape index (κ3) is 3.45. The average molecular weight is 259 g/mol. The Kier molecular flexibility index (Phi) is 3.66. The number of nitrogens with two attached hydrogens (primary N) is 1. The summed E-state index contributed by atoms with van der Waals surface area (Å²) in [5.74, 6) is -0.349. The van der Waals surface area contributed by atoms with E-state index in [1.807, 2.05) is 13.0 Å². The van der Waals surface area contributed by atoms with E-state index in [2.05, 4.69) is 10.6 Å². The molecule has 0 atom stereocenters. The molecule has 2 rings (SSSR count). The zero-order chi connectivity index (χ0) is 13.8. The summed E-state index contributed by atoms with van der Waals surface area (Å²) in [5.41, 5.74) is 8.29. The molecule has 0 saturated heterocycles. The van der Waals surface area contributed by atoms with Gasteiger partial charge in [-0.15, -0.1) is 0 Å². The highest BCUT2D eigenvalue weighted by Gasteiger charge is 2.05. The first-order valence-corrected chi connectivity index (χ1v) is 5.74. The van der Waals surface area contributed by atoms with Crippen molar-refractivity contribution in [3.8, 4) is 0 Å². The molecule has 0 unspecified atom stereocenters. The van der Waals surface area contributed by atoms with E-state index < -0.39 is 6.03 Å². The maximum atomic E-state index is 12.7. The molecule has 98 valence electrons. The summed E-state index contributed by atoms with van der Waals surface area (Å²) < 4.78 is 12.7. The first kappa shape index (κ1) is 12.9. The van der Waals surface area contributed by atoms with Crippen LogP contribution in [0.1, 0.15) is 5.56 Å². The standard InChI is InChI=1S/C14H14FN3O/c1-9-2-5-11(16)8-13(9)18-14(19)17-12-6-3-10(15)4-7-12/h2-8H,16H2,1H3,(H2,17,18,19). The van der Waals surface area contributed by atoms with Crippen LogP contribution in [0, 0.1) is 12.7 Å². The number of anilines is 3. The van der Waals surface area contributed by atoms with Crippen LogP contribution in [0.3, 0.4) is 0 Å². The Hall–Kier alpha value is -2.56. The summed E-state index contributed by atoms with van der Waals surface area (Å²) in [6, 6.07) is 10.4. The number of rotatable bonds is 2. The topological polar surface area (TPSA) is 67.1 Å². The van der Waals surface area contributed by atoms with Gasteiger partial charge in [-0.05, 0) is 48.9 Å². The number of hydrogen-bond acceptors (Lipinski definition) is 2. The molecule has 5 heteroatoms. The Morgan fingerprint density at radius 2 is 1.79 bits per heavy atom. The molecule has 4 nitrogen and oxygen atoms in total. The van der Waals surface area contributed by atoms with E-state index in [0.717, 1.165) is 5.56 Å². The quantitative estimate of drug-likeness (QED) is 0.724. The van der Waals surface area contributed by atoms with Gasteiger partial charge in [0.1, 0.15) is 5.82 Å². The van der Waals surface area contributed by atoms with Crippen molar-refractivity contribution >= 4 is 23.1 Å². The summed E-state index contributed by atoms with van der Waals surface area (Å²) in [4.78, 5) is 11.8. The third-order valence-corrected chi connectivity index (χ3v) is 2.61. The zero-order valence-electron chi connectivity index (χ0n) is 10.4. The molecule has 0 aliphatic rings. The molecule has 0 aliphatic carbocycles. The van der Waals surface area contributed by atoms with Crippen molar-refractivity contribution in [2.75, 3.05) is 16.4 Å². The van der Waals surface area contributed by atoms with E-state index in [1.165, 1.54) is 24.3 Å². The fourth-order valence-electron chi connectivity index (χ4n) is 1.59. The van der Waals surface area contributed by atoms with Crippen LogP contribution >= 0.6 is 0 Å². The lowest BCUT2D eigenvalue weighted by atomic mass is 10.2. The highest BCUT2D eigenvalue weighted by molar-refractivity contribution is 6.00. The number of carbonyl (C=O) groups excluding carboxylic acids is 1. The van der Waals surface area contributed by atoms with Crippen molar-refractivity contribution in [1.29, 1.82) is 0 Å². The Morgan fingerprint density at radius 1 is 1.11 bits per heavy atom. The molecule has 0 heterocycles. The summed E-state index contributed by atoms with van der Waals surface area (Å²) in [7, 11) is 0. The fourth-order valence-corrected chi connectivity index (χ4v) is 1.59. The fraction of sp³-hybridized carbons (Fsp3) is 0.0714. The van der Waals surface area contributed by atoms with Crippen LogP contribution in [0.2, 0.25) is 0 Å². The van der Waals surface area contributed by atoms with Crippen LogP contribution in [0.5, 0.6) is 0 Å². The predicted octanol–water partition coefficient (Wildman–Crippen LogP) is 3.36. The number of urea groups is 1. The lowest BCUT2D eigenvalue weighted by Crippen LogP contribution is -2.20. The first-order chi connectivity index (χ1) is 9.04. The molecule has 0 fully saturated rings. The van der Waals surface area contributed by atoms with Gasteiger partial charge in [-0.3, -0.25) is 0 Å². The maximum Gasteiger partial charge on any atom is 0.323 e. The van der Waals surface area contributed by atoms with Crippen molar-refractivity contribution < 1.29 is 9.18 Å². The number of hydrogen-bond donors (Lipinski definition) is 3. The molecule has 0 radical (unpaired) electrons. The van der Waals surface area contributed by atoms with Crippen molar-refractivity contribution in [3.05, 3.63) is 53.8 Å². The minimum absolute atomic E-state index is 0.349. The number of benzene rings is 2. The molecule has 0 saturated carbocycles. The first-order valence-electron chi connectivity index (χ1n) is 5.74. The van der Waals surface area contributed by atoms with Gasteiger partial charge >= 0.3 is 6.03 Å². The van der Waals surface area contributed by atoms with E-state index in [4.69, 9.17) is 5.73 Å². The number of carbonyl (C=O) groups is 1. The second kappa shape index (κ2) is 5.39. The average Bonchev–Trinajstić information content (AvgIpc) is 2.37. The van der Waals surface area contributed by atoms with Gasteiger partial charge in [-0.2, -0.15) is 0 Å². The Labute approximate surface area is 110 Å². The van der Waals surface area contributed by atoms with Crippen molar-refractivity contribution in [3.63, 3.8) is 0 Å². The summed E-state index contributed by atoms with van der Waals surface area (Å²) in [5, 5.41) is 5.30. The van der Waals surface area contributed by atoms with Crippen LogP contribution in [-0.4, -0.2) is 6.03 Å². The maximum absolute atomic E-state index is 12.7. The minimum atomic E-state index is -0.402. The van der Waals surface area contributed by atoms with E-state index in [0.29, 0.717) is 17.1 Å². The molecular weight excluding hydrogens is 245 g/mol. The van der Waals surface area contributed by atoms with Gasteiger partial charge in [0.15, 0.2) is 0 Å². The SMILES string of the molecule is Cc1ccc(N)cc1NC(=O)Nc1ccc(F)cc1. The monoisotopic (exact) mass is 259 g/mol. The van der Waals surface area contributed by atoms with Gasteiger partial charge in [0.05, 0.1) is 0 Å². The lowest BCUT2D eigenvalue weighted by molar-refractivity contribution is 0.262. The Balaban J connectivity index is 2.05. The Bertz CT molecular complexity index is 596. The number of amides is 2. The van der Waals surface area contributed by atoms with Gasteiger partial charge in [0, 0.05) is 17.1 Å². The molecule has 0 bridgehead atoms. The van der Waals surface area contributed by atoms with Crippen LogP contribution < -0.4 is 16.4 Å². The molecule has 2 amide bonds. The van der Waals surface area contributed by atoms with Crippen LogP contribution in [0.25, 0.3) is 0 Å². The number of nitrogen functional groups attached to an aromatic ring is 1. The smallest absolute Gasteiger partial charge is 0.323 e. The third-order valence-electron chi connectivity index (χ3n) is 2.61. The van der Waals surface area contributed by atoms with Crippen molar-refractivity contribution in [2.24, 2.45) is 0 Å². The van der Waals surface area contributed by atoms with Crippen LogP contribution in [0.4, 0.5) is 26.2 Å². The molecule has 19 heavy (non-hydrogen) atoms. The summed E-state index contributed by atoms with van der Waals surface area (Å²) in [6.07, 6.45) is 0. The van der Waals surface area contributed by atoms with E-state index in [1.54, 1.807) is 12.1 Å². The van der Waals surface area contributed by atoms with Gasteiger partial charge in [0.25, 0.3) is 0 Å². The number of nitrogens with one attached hydrogen (secondary N) is 2. The second-order valence-electron chi connectivity index (χ2n) is 4.16. The largest absolute Gasteiger partial charge is 0.399 e. The lowest BCUT2D eigenvalue weighted by Gasteiger charge is -2.10. The van der Waals surface area contributed by atoms with Gasteiger partial charge in [-0.1, -0.05) is 6.07 Å². The highest BCUT2D eigenvalue weighted by atomic mass is 19.1. The normalized spacial score (nSPS) is 10.0. The molecule has 2 aromatic rings. The molecule has 0 aliphatic heterocycles. The molecule has 0 spiro atoms. The van der Waals surface area contributed by atoms with E-state index in [9.17, 15) is 9.18 Å².